The molecule has 0 saturated heterocycles. The number of carbonyl (C=O) groups is 1. The van der Waals surface area contributed by atoms with Crippen LogP contribution in [0.1, 0.15) is 16.1 Å². The summed E-state index contributed by atoms with van der Waals surface area (Å²) in [7, 11) is 0. The fourth-order valence-electron chi connectivity index (χ4n) is 2.59. The lowest BCUT2D eigenvalue weighted by molar-refractivity contribution is 0.0995. The van der Waals surface area contributed by atoms with Gasteiger partial charge in [0.15, 0.2) is 16.0 Å². The van der Waals surface area contributed by atoms with E-state index in [1.165, 1.54) is 0 Å². The topological polar surface area (TPSA) is 68.3 Å². The van der Waals surface area contributed by atoms with Crippen LogP contribution in [0.3, 0.4) is 0 Å². The summed E-state index contributed by atoms with van der Waals surface area (Å²) in [4.78, 5) is 16.8. The Hall–Kier alpha value is -2.28. The highest BCUT2D eigenvalue weighted by Crippen LogP contribution is 2.33. The summed E-state index contributed by atoms with van der Waals surface area (Å²) in [5.74, 6) is 0.230. The molecule has 4 rings (SSSR count). The summed E-state index contributed by atoms with van der Waals surface area (Å²) in [6.07, 6.45) is 0. The van der Waals surface area contributed by atoms with E-state index in [-0.39, 0.29) is 11.7 Å². The number of aryl methyl sites for hydroxylation is 1. The Morgan fingerprint density at radius 2 is 1.93 bits per heavy atom. The SMILES string of the molecule is Cc1ccc(-c2nc3cc(Cl)cc(Cl)c3o2)cc1NC(=O)c1ccc(Br)o1. The van der Waals surface area contributed by atoms with Crippen LogP contribution in [-0.4, -0.2) is 10.9 Å². The minimum atomic E-state index is -0.353. The lowest BCUT2D eigenvalue weighted by Gasteiger charge is -2.08. The van der Waals surface area contributed by atoms with Crippen molar-refractivity contribution in [3.05, 3.63) is 68.5 Å². The summed E-state index contributed by atoms with van der Waals surface area (Å²) in [5.41, 5.74) is 3.22. The maximum atomic E-state index is 12.4. The third kappa shape index (κ3) is 3.60. The Labute approximate surface area is 172 Å². The van der Waals surface area contributed by atoms with E-state index in [4.69, 9.17) is 32.0 Å². The second kappa shape index (κ2) is 7.03. The summed E-state index contributed by atoms with van der Waals surface area (Å²) in [6.45, 7) is 1.89. The molecule has 1 N–H and O–H groups in total. The molecule has 136 valence electrons. The Morgan fingerprint density at radius 3 is 2.67 bits per heavy atom. The number of benzene rings is 2. The van der Waals surface area contributed by atoms with Crippen molar-refractivity contribution in [1.82, 2.24) is 4.98 Å². The highest BCUT2D eigenvalue weighted by molar-refractivity contribution is 9.10. The number of nitrogens with zero attached hydrogens (tertiary/aromatic N) is 1. The predicted molar refractivity (Wildman–Crippen MR) is 109 cm³/mol. The van der Waals surface area contributed by atoms with Crippen molar-refractivity contribution in [1.29, 1.82) is 0 Å². The molecular weight excluding hydrogens is 455 g/mol. The Balaban J connectivity index is 1.70. The first-order valence-corrected chi connectivity index (χ1v) is 9.39. The first-order chi connectivity index (χ1) is 12.9. The molecule has 0 bridgehead atoms. The van der Waals surface area contributed by atoms with Crippen LogP contribution in [0, 0.1) is 6.92 Å². The average molecular weight is 466 g/mol. The minimum absolute atomic E-state index is 0.204. The van der Waals surface area contributed by atoms with Crippen LogP contribution < -0.4 is 5.32 Å². The second-order valence-electron chi connectivity index (χ2n) is 5.84. The van der Waals surface area contributed by atoms with Crippen molar-refractivity contribution in [2.24, 2.45) is 0 Å². The third-order valence-corrected chi connectivity index (χ3v) is 4.86. The number of oxazole rings is 1. The van der Waals surface area contributed by atoms with E-state index >= 15 is 0 Å². The minimum Gasteiger partial charge on any atom is -0.444 e. The molecule has 2 aromatic carbocycles. The fourth-order valence-corrected chi connectivity index (χ4v) is 3.42. The summed E-state index contributed by atoms with van der Waals surface area (Å²) < 4.78 is 11.6. The van der Waals surface area contributed by atoms with Crippen LogP contribution in [0.5, 0.6) is 0 Å². The van der Waals surface area contributed by atoms with Crippen LogP contribution >= 0.6 is 39.1 Å². The fraction of sp³-hybridized carbons (Fsp3) is 0.0526. The van der Waals surface area contributed by atoms with Crippen molar-refractivity contribution in [2.45, 2.75) is 6.92 Å². The molecule has 2 heterocycles. The molecule has 0 aliphatic heterocycles. The standard InChI is InChI=1S/C19H11BrCl2N2O3/c1-9-2-3-10(6-13(9)23-18(25)15-4-5-16(20)26-15)19-24-14-8-11(21)7-12(22)17(14)27-19/h2-8H,1H3,(H,23,25). The van der Waals surface area contributed by atoms with Gasteiger partial charge in [0.2, 0.25) is 5.89 Å². The van der Waals surface area contributed by atoms with Crippen LogP contribution in [-0.2, 0) is 0 Å². The zero-order chi connectivity index (χ0) is 19.1. The summed E-state index contributed by atoms with van der Waals surface area (Å²) in [5, 5.41) is 3.70. The highest BCUT2D eigenvalue weighted by atomic mass is 79.9. The van der Waals surface area contributed by atoms with Gasteiger partial charge in [-0.25, -0.2) is 4.98 Å². The smallest absolute Gasteiger partial charge is 0.291 e. The second-order valence-corrected chi connectivity index (χ2v) is 7.47. The number of hydrogen-bond donors (Lipinski definition) is 1. The monoisotopic (exact) mass is 464 g/mol. The van der Waals surface area contributed by atoms with Crippen LogP contribution in [0.25, 0.3) is 22.6 Å². The van der Waals surface area contributed by atoms with E-state index < -0.39 is 0 Å². The molecule has 2 aromatic heterocycles. The Morgan fingerprint density at radius 1 is 1.11 bits per heavy atom. The molecule has 0 atom stereocenters. The molecule has 8 heteroatoms. The van der Waals surface area contributed by atoms with Gasteiger partial charge in [-0.05, 0) is 64.8 Å². The van der Waals surface area contributed by atoms with E-state index in [1.54, 1.807) is 30.3 Å². The van der Waals surface area contributed by atoms with Crippen molar-refractivity contribution >= 4 is 61.8 Å². The van der Waals surface area contributed by atoms with Gasteiger partial charge in [-0.1, -0.05) is 29.3 Å². The van der Waals surface area contributed by atoms with Gasteiger partial charge in [-0.15, -0.1) is 0 Å². The van der Waals surface area contributed by atoms with Crippen LogP contribution in [0.15, 0.2) is 56.0 Å². The number of carbonyl (C=O) groups excluding carboxylic acids is 1. The highest BCUT2D eigenvalue weighted by Gasteiger charge is 2.16. The molecule has 27 heavy (non-hydrogen) atoms. The Bertz CT molecular complexity index is 1180. The number of halogens is 3. The lowest BCUT2D eigenvalue weighted by atomic mass is 10.1. The predicted octanol–water partition coefficient (Wildman–Crippen LogP) is 6.72. The zero-order valence-electron chi connectivity index (χ0n) is 13.8. The molecule has 0 fully saturated rings. The average Bonchev–Trinajstić information content (AvgIpc) is 3.23. The molecule has 0 unspecified atom stereocenters. The zero-order valence-corrected chi connectivity index (χ0v) is 16.9. The van der Waals surface area contributed by atoms with E-state index in [0.29, 0.717) is 43.0 Å². The van der Waals surface area contributed by atoms with Gasteiger partial charge in [0.25, 0.3) is 5.91 Å². The third-order valence-electron chi connectivity index (χ3n) is 3.94. The van der Waals surface area contributed by atoms with Gasteiger partial charge in [0, 0.05) is 16.3 Å². The van der Waals surface area contributed by atoms with Gasteiger partial charge >= 0.3 is 0 Å². The van der Waals surface area contributed by atoms with E-state index in [0.717, 1.165) is 5.56 Å². The number of aromatic nitrogens is 1. The van der Waals surface area contributed by atoms with Gasteiger partial charge in [0.05, 0.1) is 5.02 Å². The van der Waals surface area contributed by atoms with E-state index in [9.17, 15) is 4.79 Å². The molecule has 1 amide bonds. The molecule has 0 aliphatic rings. The van der Waals surface area contributed by atoms with Crippen molar-refractivity contribution in [2.75, 3.05) is 5.32 Å². The number of nitrogens with one attached hydrogen (secondary N) is 1. The van der Waals surface area contributed by atoms with Crippen LogP contribution in [0.2, 0.25) is 10.0 Å². The van der Waals surface area contributed by atoms with E-state index in [2.05, 4.69) is 26.2 Å². The molecule has 4 aromatic rings. The van der Waals surface area contributed by atoms with Crippen molar-refractivity contribution < 1.29 is 13.6 Å². The first kappa shape index (κ1) is 18.1. The summed E-state index contributed by atoms with van der Waals surface area (Å²) in [6, 6.07) is 12.0. The molecule has 5 nitrogen and oxygen atoms in total. The number of furan rings is 1. The van der Waals surface area contributed by atoms with E-state index in [1.807, 2.05) is 19.1 Å². The largest absolute Gasteiger partial charge is 0.444 e. The lowest BCUT2D eigenvalue weighted by Crippen LogP contribution is -2.11. The Kier molecular flexibility index (Phi) is 4.72. The quantitative estimate of drug-likeness (QED) is 0.364. The number of amides is 1. The van der Waals surface area contributed by atoms with Gasteiger partial charge < -0.3 is 14.2 Å². The molecular formula is C19H11BrCl2N2O3. The number of anilines is 1. The first-order valence-electron chi connectivity index (χ1n) is 7.84. The van der Waals surface area contributed by atoms with Gasteiger partial charge in [-0.3, -0.25) is 4.79 Å². The number of rotatable bonds is 3. The molecule has 0 radical (unpaired) electrons. The molecule has 0 aliphatic carbocycles. The van der Waals surface area contributed by atoms with Crippen molar-refractivity contribution in [3.8, 4) is 11.5 Å². The number of fused-ring (bicyclic) bond motifs is 1. The van der Waals surface area contributed by atoms with Gasteiger partial charge in [0.1, 0.15) is 5.52 Å². The summed E-state index contributed by atoms with van der Waals surface area (Å²) >= 11 is 15.4. The normalized spacial score (nSPS) is 11.1. The maximum Gasteiger partial charge on any atom is 0.291 e. The maximum absolute atomic E-state index is 12.4. The van der Waals surface area contributed by atoms with Gasteiger partial charge in [-0.2, -0.15) is 0 Å². The number of hydrogen-bond acceptors (Lipinski definition) is 4. The van der Waals surface area contributed by atoms with Crippen molar-refractivity contribution in [3.63, 3.8) is 0 Å². The molecule has 0 spiro atoms. The van der Waals surface area contributed by atoms with Crippen LogP contribution in [0.4, 0.5) is 5.69 Å². The molecule has 0 saturated carbocycles.